The molecule has 2 aromatic carbocycles. The van der Waals surface area contributed by atoms with Crippen LogP contribution < -0.4 is 14.8 Å². The van der Waals surface area contributed by atoms with E-state index in [0.29, 0.717) is 0 Å². The summed E-state index contributed by atoms with van der Waals surface area (Å²) in [6, 6.07) is 14.7. The first-order chi connectivity index (χ1) is 10.3. The summed E-state index contributed by atoms with van der Waals surface area (Å²) >= 11 is 0. The molecule has 1 N–H and O–H groups in total. The monoisotopic (exact) mass is 283 g/mol. The van der Waals surface area contributed by atoms with E-state index in [1.165, 1.54) is 16.7 Å². The number of fused-ring (bicyclic) bond motifs is 1. The van der Waals surface area contributed by atoms with Crippen molar-refractivity contribution in [3.63, 3.8) is 0 Å². The molecule has 0 aromatic heterocycles. The lowest BCUT2D eigenvalue weighted by Gasteiger charge is -2.07. The normalized spacial score (nSPS) is 12.8. The van der Waals surface area contributed by atoms with Crippen LogP contribution in [0.3, 0.4) is 0 Å². The van der Waals surface area contributed by atoms with Crippen molar-refractivity contribution >= 4 is 0 Å². The van der Waals surface area contributed by atoms with E-state index in [1.807, 2.05) is 12.1 Å². The maximum Gasteiger partial charge on any atom is 0.122 e. The Bertz CT molecular complexity index is 593. The molecule has 1 heterocycles. The summed E-state index contributed by atoms with van der Waals surface area (Å²) in [6.07, 6.45) is 2.09. The third kappa shape index (κ3) is 3.56. The minimum atomic E-state index is 0.828. The van der Waals surface area contributed by atoms with E-state index < -0.39 is 0 Å². The van der Waals surface area contributed by atoms with E-state index in [0.717, 1.165) is 44.0 Å². The predicted octanol–water partition coefficient (Wildman–Crippen LogP) is 2.96. The van der Waals surface area contributed by atoms with Crippen molar-refractivity contribution in [3.05, 3.63) is 59.2 Å². The highest BCUT2D eigenvalue weighted by Gasteiger charge is 2.11. The molecule has 0 atom stereocenters. The number of rotatable bonds is 6. The fourth-order valence-corrected chi connectivity index (χ4v) is 2.60. The molecule has 1 aliphatic rings. The van der Waals surface area contributed by atoms with E-state index in [-0.39, 0.29) is 0 Å². The van der Waals surface area contributed by atoms with Gasteiger partial charge in [-0.25, -0.2) is 0 Å². The Morgan fingerprint density at radius 1 is 1.10 bits per heavy atom. The smallest absolute Gasteiger partial charge is 0.122 e. The Morgan fingerprint density at radius 2 is 1.90 bits per heavy atom. The molecule has 0 bridgehead atoms. The molecular weight excluding hydrogens is 262 g/mol. The van der Waals surface area contributed by atoms with Gasteiger partial charge in [0.05, 0.1) is 13.7 Å². The van der Waals surface area contributed by atoms with Gasteiger partial charge in [-0.1, -0.05) is 24.3 Å². The molecule has 0 unspecified atom stereocenters. The third-order valence-electron chi connectivity index (χ3n) is 3.83. The Labute approximate surface area is 125 Å². The van der Waals surface area contributed by atoms with Crippen LogP contribution in [0.2, 0.25) is 0 Å². The zero-order chi connectivity index (χ0) is 14.5. The lowest BCUT2D eigenvalue weighted by molar-refractivity contribution is 0.357. The average Bonchev–Trinajstić information content (AvgIpc) is 3.00. The lowest BCUT2D eigenvalue weighted by Crippen LogP contribution is -2.16. The first kappa shape index (κ1) is 14.0. The van der Waals surface area contributed by atoms with Gasteiger partial charge in [0, 0.05) is 13.0 Å². The molecule has 2 aromatic rings. The van der Waals surface area contributed by atoms with E-state index in [2.05, 4.69) is 35.6 Å². The van der Waals surface area contributed by atoms with Crippen LogP contribution in [0.4, 0.5) is 0 Å². The molecule has 0 fully saturated rings. The highest BCUT2D eigenvalue weighted by Crippen LogP contribution is 2.25. The van der Waals surface area contributed by atoms with Gasteiger partial charge >= 0.3 is 0 Å². The quantitative estimate of drug-likeness (QED) is 0.827. The SMILES string of the molecule is COc1ccc(CNCCc2ccc3c(c2)CCO3)cc1. The summed E-state index contributed by atoms with van der Waals surface area (Å²) in [4.78, 5) is 0. The third-order valence-corrected chi connectivity index (χ3v) is 3.83. The first-order valence-corrected chi connectivity index (χ1v) is 7.43. The molecule has 0 radical (unpaired) electrons. The van der Waals surface area contributed by atoms with Gasteiger partial charge in [-0.2, -0.15) is 0 Å². The average molecular weight is 283 g/mol. The van der Waals surface area contributed by atoms with Crippen molar-refractivity contribution in [2.45, 2.75) is 19.4 Å². The maximum absolute atomic E-state index is 5.53. The van der Waals surface area contributed by atoms with Crippen molar-refractivity contribution < 1.29 is 9.47 Å². The van der Waals surface area contributed by atoms with Crippen LogP contribution in [0.15, 0.2) is 42.5 Å². The van der Waals surface area contributed by atoms with E-state index in [9.17, 15) is 0 Å². The van der Waals surface area contributed by atoms with Crippen molar-refractivity contribution in [3.8, 4) is 11.5 Å². The Kier molecular flexibility index (Phi) is 4.41. The van der Waals surface area contributed by atoms with Gasteiger partial charge in [-0.3, -0.25) is 0 Å². The molecule has 21 heavy (non-hydrogen) atoms. The zero-order valence-electron chi connectivity index (χ0n) is 12.4. The van der Waals surface area contributed by atoms with Crippen LogP contribution in [0, 0.1) is 0 Å². The Balaban J connectivity index is 1.45. The summed E-state index contributed by atoms with van der Waals surface area (Å²) < 4.78 is 10.7. The van der Waals surface area contributed by atoms with Gasteiger partial charge in [-0.05, 0) is 47.9 Å². The molecular formula is C18H21NO2. The second-order valence-electron chi connectivity index (χ2n) is 5.32. The number of nitrogens with one attached hydrogen (secondary N) is 1. The van der Waals surface area contributed by atoms with Crippen LogP contribution in [0.25, 0.3) is 0 Å². The van der Waals surface area contributed by atoms with Crippen LogP contribution in [-0.4, -0.2) is 20.3 Å². The van der Waals surface area contributed by atoms with Gasteiger partial charge in [0.1, 0.15) is 11.5 Å². The zero-order valence-corrected chi connectivity index (χ0v) is 12.4. The van der Waals surface area contributed by atoms with E-state index in [4.69, 9.17) is 9.47 Å². The minimum absolute atomic E-state index is 0.828. The molecule has 0 saturated heterocycles. The molecule has 0 spiro atoms. The summed E-state index contributed by atoms with van der Waals surface area (Å²) in [5.74, 6) is 1.96. The fourth-order valence-electron chi connectivity index (χ4n) is 2.60. The summed E-state index contributed by atoms with van der Waals surface area (Å²) in [6.45, 7) is 2.69. The van der Waals surface area contributed by atoms with E-state index in [1.54, 1.807) is 7.11 Å². The van der Waals surface area contributed by atoms with Gasteiger partial charge in [0.15, 0.2) is 0 Å². The topological polar surface area (TPSA) is 30.5 Å². The fraction of sp³-hybridized carbons (Fsp3) is 0.333. The number of benzene rings is 2. The number of methoxy groups -OCH3 is 1. The molecule has 0 amide bonds. The number of hydrogen-bond acceptors (Lipinski definition) is 3. The molecule has 3 nitrogen and oxygen atoms in total. The van der Waals surface area contributed by atoms with Crippen LogP contribution >= 0.6 is 0 Å². The predicted molar refractivity (Wildman–Crippen MR) is 84.0 cm³/mol. The van der Waals surface area contributed by atoms with Crippen molar-refractivity contribution in [2.75, 3.05) is 20.3 Å². The molecule has 3 heteroatoms. The van der Waals surface area contributed by atoms with Gasteiger partial charge in [-0.15, -0.1) is 0 Å². The highest BCUT2D eigenvalue weighted by atomic mass is 16.5. The van der Waals surface area contributed by atoms with E-state index >= 15 is 0 Å². The van der Waals surface area contributed by atoms with Crippen molar-refractivity contribution in [1.29, 1.82) is 0 Å². The summed E-state index contributed by atoms with van der Waals surface area (Å²) in [5.41, 5.74) is 4.00. The number of ether oxygens (including phenoxy) is 2. The second kappa shape index (κ2) is 6.64. The maximum atomic E-state index is 5.53. The molecule has 0 aliphatic carbocycles. The molecule has 0 saturated carbocycles. The minimum Gasteiger partial charge on any atom is -0.497 e. The highest BCUT2D eigenvalue weighted by molar-refractivity contribution is 5.39. The Hall–Kier alpha value is -2.00. The Morgan fingerprint density at radius 3 is 2.71 bits per heavy atom. The second-order valence-corrected chi connectivity index (χ2v) is 5.32. The lowest BCUT2D eigenvalue weighted by atomic mass is 10.1. The van der Waals surface area contributed by atoms with Crippen molar-refractivity contribution in [1.82, 2.24) is 5.32 Å². The molecule has 110 valence electrons. The summed E-state index contributed by atoms with van der Waals surface area (Å²) in [7, 11) is 1.69. The van der Waals surface area contributed by atoms with Crippen molar-refractivity contribution in [2.24, 2.45) is 0 Å². The van der Waals surface area contributed by atoms with Crippen LogP contribution in [0.1, 0.15) is 16.7 Å². The first-order valence-electron chi connectivity index (χ1n) is 7.43. The van der Waals surface area contributed by atoms with Crippen LogP contribution in [-0.2, 0) is 19.4 Å². The number of hydrogen-bond donors (Lipinski definition) is 1. The van der Waals surface area contributed by atoms with Gasteiger partial charge < -0.3 is 14.8 Å². The largest absolute Gasteiger partial charge is 0.497 e. The van der Waals surface area contributed by atoms with Gasteiger partial charge in [0.25, 0.3) is 0 Å². The molecule has 3 rings (SSSR count). The standard InChI is InChI=1S/C18H21NO2/c1-20-17-5-2-15(3-6-17)13-19-10-8-14-4-7-18-16(12-14)9-11-21-18/h2-7,12,19H,8-11,13H2,1H3. The molecule has 1 aliphatic heterocycles. The van der Waals surface area contributed by atoms with Gasteiger partial charge in [0.2, 0.25) is 0 Å². The van der Waals surface area contributed by atoms with Crippen LogP contribution in [0.5, 0.6) is 11.5 Å². The summed E-state index contributed by atoms with van der Waals surface area (Å²) in [5, 5.41) is 3.48.